The molecule has 3 aromatic carbocycles. The average molecular weight is 384 g/mol. The minimum atomic E-state index is -0.462. The number of hydrogen-bond donors (Lipinski definition) is 1. The molecular weight excluding hydrogens is 362 g/mol. The third kappa shape index (κ3) is 3.47. The summed E-state index contributed by atoms with van der Waals surface area (Å²) in [5, 5.41) is 9.85. The van der Waals surface area contributed by atoms with Crippen LogP contribution in [0.15, 0.2) is 114 Å². The fourth-order valence-corrected chi connectivity index (χ4v) is 4.97. The number of aliphatic hydroxyl groups excluding tert-OH is 1. The summed E-state index contributed by atoms with van der Waals surface area (Å²) in [6.45, 7) is -0.0857. The third-order valence-corrected chi connectivity index (χ3v) is 6.41. The van der Waals surface area contributed by atoms with E-state index in [4.69, 9.17) is 0 Å². The number of aromatic nitrogens is 1. The first-order chi connectivity index (χ1) is 13.8. The van der Waals surface area contributed by atoms with Crippen molar-refractivity contribution in [3.05, 3.63) is 132 Å². The van der Waals surface area contributed by atoms with E-state index in [0.29, 0.717) is 5.69 Å². The fraction of sp³-hybridized carbons (Fsp3) is 0.0800. The standard InChI is InChI=1S/C25H21NOS/c27-19-23-24(17-10-18-26-23)28-25(20-11-4-1-5-12-20,21-13-6-2-7-14-21)22-15-8-3-9-16-22/h1-18,27H,19H2. The summed E-state index contributed by atoms with van der Waals surface area (Å²) >= 11 is 1.72. The van der Waals surface area contributed by atoms with E-state index in [1.807, 2.05) is 30.3 Å². The smallest absolute Gasteiger partial charge is 0.0954 e. The van der Waals surface area contributed by atoms with E-state index in [-0.39, 0.29) is 6.61 Å². The highest BCUT2D eigenvalue weighted by atomic mass is 32.2. The number of rotatable bonds is 6. The molecule has 4 rings (SSSR count). The Morgan fingerprint density at radius 3 is 1.54 bits per heavy atom. The summed E-state index contributed by atoms with van der Waals surface area (Å²) in [7, 11) is 0. The number of benzene rings is 3. The number of aliphatic hydroxyl groups is 1. The normalized spacial score (nSPS) is 11.3. The van der Waals surface area contributed by atoms with E-state index in [1.54, 1.807) is 18.0 Å². The Labute approximate surface area is 169 Å². The highest BCUT2D eigenvalue weighted by Gasteiger charge is 2.38. The first-order valence-corrected chi connectivity index (χ1v) is 10.1. The van der Waals surface area contributed by atoms with Crippen LogP contribution >= 0.6 is 11.8 Å². The van der Waals surface area contributed by atoms with Gasteiger partial charge in [-0.15, -0.1) is 11.8 Å². The molecule has 1 heterocycles. The van der Waals surface area contributed by atoms with E-state index < -0.39 is 4.75 Å². The number of nitrogens with zero attached hydrogens (tertiary/aromatic N) is 1. The van der Waals surface area contributed by atoms with Crippen molar-refractivity contribution in [1.29, 1.82) is 0 Å². The zero-order valence-electron chi connectivity index (χ0n) is 15.4. The number of pyridine rings is 1. The van der Waals surface area contributed by atoms with Gasteiger partial charge < -0.3 is 5.11 Å². The van der Waals surface area contributed by atoms with Gasteiger partial charge in [0.05, 0.1) is 17.0 Å². The van der Waals surface area contributed by atoms with Crippen molar-refractivity contribution in [1.82, 2.24) is 4.98 Å². The minimum Gasteiger partial charge on any atom is -0.390 e. The predicted octanol–water partition coefficient (Wildman–Crippen LogP) is 5.66. The first-order valence-electron chi connectivity index (χ1n) is 9.25. The Morgan fingerprint density at radius 2 is 1.11 bits per heavy atom. The van der Waals surface area contributed by atoms with Crippen molar-refractivity contribution in [2.75, 3.05) is 0 Å². The van der Waals surface area contributed by atoms with Crippen LogP contribution in [0.3, 0.4) is 0 Å². The summed E-state index contributed by atoms with van der Waals surface area (Å²) in [4.78, 5) is 5.37. The van der Waals surface area contributed by atoms with Gasteiger partial charge in [-0.2, -0.15) is 0 Å². The van der Waals surface area contributed by atoms with Crippen LogP contribution in [-0.2, 0) is 11.4 Å². The minimum absolute atomic E-state index is 0.0857. The van der Waals surface area contributed by atoms with Crippen LogP contribution in [0.25, 0.3) is 0 Å². The molecule has 0 bridgehead atoms. The molecule has 0 amide bonds. The van der Waals surface area contributed by atoms with Crippen LogP contribution in [-0.4, -0.2) is 10.1 Å². The van der Waals surface area contributed by atoms with E-state index in [1.165, 1.54) is 16.7 Å². The second kappa shape index (κ2) is 8.42. The lowest BCUT2D eigenvalue weighted by Crippen LogP contribution is -2.25. The summed E-state index contributed by atoms with van der Waals surface area (Å²) in [6.07, 6.45) is 1.73. The van der Waals surface area contributed by atoms with Gasteiger partial charge in [-0.1, -0.05) is 91.0 Å². The van der Waals surface area contributed by atoms with Crippen LogP contribution in [0, 0.1) is 0 Å². The van der Waals surface area contributed by atoms with Gasteiger partial charge in [0.25, 0.3) is 0 Å². The van der Waals surface area contributed by atoms with E-state index in [9.17, 15) is 5.11 Å². The van der Waals surface area contributed by atoms with Crippen LogP contribution in [0.2, 0.25) is 0 Å². The van der Waals surface area contributed by atoms with Gasteiger partial charge in [0, 0.05) is 11.1 Å². The molecule has 0 aliphatic heterocycles. The van der Waals surface area contributed by atoms with Crippen LogP contribution in [0.4, 0.5) is 0 Å². The SMILES string of the molecule is OCc1ncccc1SC(c1ccccc1)(c1ccccc1)c1ccccc1. The lowest BCUT2D eigenvalue weighted by atomic mass is 9.84. The largest absolute Gasteiger partial charge is 0.390 e. The van der Waals surface area contributed by atoms with Crippen molar-refractivity contribution in [3.63, 3.8) is 0 Å². The quantitative estimate of drug-likeness (QED) is 0.345. The van der Waals surface area contributed by atoms with E-state index in [0.717, 1.165) is 4.90 Å². The predicted molar refractivity (Wildman–Crippen MR) is 115 cm³/mol. The third-order valence-electron chi connectivity index (χ3n) is 4.80. The molecule has 0 unspecified atom stereocenters. The maximum absolute atomic E-state index is 9.85. The Bertz CT molecular complexity index is 923. The van der Waals surface area contributed by atoms with Gasteiger partial charge >= 0.3 is 0 Å². The molecule has 0 saturated heterocycles. The molecule has 0 aliphatic carbocycles. The monoisotopic (exact) mass is 383 g/mol. The van der Waals surface area contributed by atoms with E-state index >= 15 is 0 Å². The second-order valence-electron chi connectivity index (χ2n) is 6.49. The lowest BCUT2D eigenvalue weighted by molar-refractivity contribution is 0.273. The Morgan fingerprint density at radius 1 is 0.643 bits per heavy atom. The molecule has 0 spiro atoms. The average Bonchev–Trinajstić information content (AvgIpc) is 2.79. The van der Waals surface area contributed by atoms with Crippen LogP contribution in [0.1, 0.15) is 22.4 Å². The Hall–Kier alpha value is -2.88. The highest BCUT2D eigenvalue weighted by Crippen LogP contribution is 2.51. The molecule has 4 aromatic rings. The Balaban J connectivity index is 2.01. The summed E-state index contributed by atoms with van der Waals surface area (Å²) in [5.74, 6) is 0. The van der Waals surface area contributed by atoms with Gasteiger partial charge in [0.15, 0.2) is 0 Å². The molecular formula is C25H21NOS. The van der Waals surface area contributed by atoms with Gasteiger partial charge in [-0.05, 0) is 28.8 Å². The van der Waals surface area contributed by atoms with Crippen molar-refractivity contribution in [2.45, 2.75) is 16.2 Å². The molecule has 0 saturated carbocycles. The zero-order valence-corrected chi connectivity index (χ0v) is 16.2. The van der Waals surface area contributed by atoms with Crippen molar-refractivity contribution in [2.24, 2.45) is 0 Å². The summed E-state index contributed by atoms with van der Waals surface area (Å²) in [5.41, 5.74) is 4.25. The van der Waals surface area contributed by atoms with Crippen molar-refractivity contribution in [3.8, 4) is 0 Å². The second-order valence-corrected chi connectivity index (χ2v) is 7.74. The molecule has 138 valence electrons. The molecule has 3 heteroatoms. The topological polar surface area (TPSA) is 33.1 Å². The number of thioether (sulfide) groups is 1. The molecule has 0 radical (unpaired) electrons. The van der Waals surface area contributed by atoms with Crippen LogP contribution < -0.4 is 0 Å². The molecule has 2 nitrogen and oxygen atoms in total. The van der Waals surface area contributed by atoms with Gasteiger partial charge in [0.2, 0.25) is 0 Å². The van der Waals surface area contributed by atoms with Crippen LogP contribution in [0.5, 0.6) is 0 Å². The van der Waals surface area contributed by atoms with Gasteiger partial charge in [-0.25, -0.2) is 0 Å². The first kappa shape index (κ1) is 18.5. The van der Waals surface area contributed by atoms with E-state index in [2.05, 4.69) is 77.8 Å². The molecule has 1 N–H and O–H groups in total. The number of hydrogen-bond acceptors (Lipinski definition) is 3. The molecule has 0 atom stereocenters. The summed E-state index contributed by atoms with van der Waals surface area (Å²) in [6, 6.07) is 35.5. The molecule has 28 heavy (non-hydrogen) atoms. The van der Waals surface area contributed by atoms with Gasteiger partial charge in [0.1, 0.15) is 0 Å². The lowest BCUT2D eigenvalue weighted by Gasteiger charge is -2.35. The van der Waals surface area contributed by atoms with Crippen molar-refractivity contribution < 1.29 is 5.11 Å². The fourth-order valence-electron chi connectivity index (χ4n) is 3.50. The highest BCUT2D eigenvalue weighted by molar-refractivity contribution is 8.00. The molecule has 0 aliphatic rings. The van der Waals surface area contributed by atoms with Gasteiger partial charge in [-0.3, -0.25) is 4.98 Å². The molecule has 0 fully saturated rings. The summed E-state index contributed by atoms with van der Waals surface area (Å²) < 4.78 is -0.462. The Kier molecular flexibility index (Phi) is 5.56. The zero-order chi connectivity index (χ0) is 19.2. The van der Waals surface area contributed by atoms with Crippen molar-refractivity contribution >= 4 is 11.8 Å². The maximum Gasteiger partial charge on any atom is 0.0954 e. The molecule has 1 aromatic heterocycles. The maximum atomic E-state index is 9.85.